The van der Waals surface area contributed by atoms with Gasteiger partial charge in [0.25, 0.3) is 0 Å². The fourth-order valence-corrected chi connectivity index (χ4v) is 3.76. The summed E-state index contributed by atoms with van der Waals surface area (Å²) >= 11 is 1.72. The average Bonchev–Trinajstić information content (AvgIpc) is 2.84. The minimum atomic E-state index is -0.212. The van der Waals surface area contributed by atoms with Gasteiger partial charge in [-0.15, -0.1) is 11.3 Å². The van der Waals surface area contributed by atoms with Crippen LogP contribution in [0.5, 0.6) is 0 Å². The number of hydrogen-bond donors (Lipinski definition) is 1. The molecule has 2 heterocycles. The number of aryl methyl sites for hydroxylation is 1. The lowest BCUT2D eigenvalue weighted by Crippen LogP contribution is -2.54. The first kappa shape index (κ1) is 14.5. The summed E-state index contributed by atoms with van der Waals surface area (Å²) in [4.78, 5) is 7.10. The van der Waals surface area contributed by atoms with E-state index in [0.29, 0.717) is 12.1 Å². The number of rotatable bonds is 2. The quantitative estimate of drug-likeness (QED) is 0.921. The van der Waals surface area contributed by atoms with E-state index in [9.17, 15) is 4.39 Å². The van der Waals surface area contributed by atoms with Crippen molar-refractivity contribution in [1.29, 1.82) is 0 Å². The Morgan fingerprint density at radius 2 is 2.00 bits per heavy atom. The van der Waals surface area contributed by atoms with Crippen molar-refractivity contribution in [2.75, 3.05) is 18.0 Å². The van der Waals surface area contributed by atoms with Crippen LogP contribution < -0.4 is 10.2 Å². The molecule has 0 amide bonds. The van der Waals surface area contributed by atoms with Gasteiger partial charge in [0.05, 0.1) is 5.01 Å². The second-order valence-corrected chi connectivity index (χ2v) is 6.89. The fourth-order valence-electron chi connectivity index (χ4n) is 2.71. The van der Waals surface area contributed by atoms with Crippen LogP contribution in [0, 0.1) is 12.7 Å². The highest BCUT2D eigenvalue weighted by molar-refractivity contribution is 7.16. The van der Waals surface area contributed by atoms with Crippen molar-refractivity contribution in [3.63, 3.8) is 0 Å². The molecule has 1 aromatic carbocycles. The van der Waals surface area contributed by atoms with Gasteiger partial charge in [-0.1, -0.05) is 0 Å². The molecule has 2 aromatic rings. The Morgan fingerprint density at radius 1 is 1.29 bits per heavy atom. The third-order valence-electron chi connectivity index (χ3n) is 3.86. The summed E-state index contributed by atoms with van der Waals surface area (Å²) < 4.78 is 13.1. The standard InChI is InChI=1S/C16H20FN3S/c1-10-9-20(11(2)8-18-10)16-15(19-12(3)21-16)13-4-6-14(17)7-5-13/h4-7,10-11,18H,8-9H2,1-3H3/t10-,11+/m0/s1. The number of halogens is 1. The summed E-state index contributed by atoms with van der Waals surface area (Å²) in [6, 6.07) is 7.51. The predicted octanol–water partition coefficient (Wildman–Crippen LogP) is 3.44. The molecule has 1 saturated heterocycles. The maximum absolute atomic E-state index is 13.1. The Kier molecular flexibility index (Phi) is 3.95. The van der Waals surface area contributed by atoms with Crippen LogP contribution in [0.2, 0.25) is 0 Å². The number of anilines is 1. The van der Waals surface area contributed by atoms with E-state index in [4.69, 9.17) is 0 Å². The van der Waals surface area contributed by atoms with Crippen molar-refractivity contribution in [3.05, 3.63) is 35.1 Å². The Bertz CT molecular complexity index is 623. The topological polar surface area (TPSA) is 28.2 Å². The molecular formula is C16H20FN3S. The SMILES string of the molecule is Cc1nc(-c2ccc(F)cc2)c(N2C[C@H](C)NC[C@H]2C)s1. The van der Waals surface area contributed by atoms with Crippen LogP contribution in [-0.2, 0) is 0 Å². The van der Waals surface area contributed by atoms with E-state index < -0.39 is 0 Å². The third-order valence-corrected chi connectivity index (χ3v) is 4.87. The van der Waals surface area contributed by atoms with Crippen molar-refractivity contribution >= 4 is 16.3 Å². The minimum absolute atomic E-state index is 0.212. The second kappa shape index (κ2) is 5.73. The first-order chi connectivity index (χ1) is 10.0. The molecule has 5 heteroatoms. The zero-order valence-electron chi connectivity index (χ0n) is 12.6. The van der Waals surface area contributed by atoms with Gasteiger partial charge < -0.3 is 10.2 Å². The van der Waals surface area contributed by atoms with Crippen molar-refractivity contribution in [3.8, 4) is 11.3 Å². The molecule has 1 aliphatic rings. The van der Waals surface area contributed by atoms with Gasteiger partial charge in [-0.05, 0) is 45.0 Å². The van der Waals surface area contributed by atoms with Crippen LogP contribution in [0.3, 0.4) is 0 Å². The zero-order chi connectivity index (χ0) is 15.0. The molecule has 0 radical (unpaired) electrons. The summed E-state index contributed by atoms with van der Waals surface area (Å²) in [7, 11) is 0. The molecule has 1 N–H and O–H groups in total. The van der Waals surface area contributed by atoms with Crippen molar-refractivity contribution < 1.29 is 4.39 Å². The number of piperazine rings is 1. The molecule has 0 spiro atoms. The highest BCUT2D eigenvalue weighted by Gasteiger charge is 2.27. The average molecular weight is 305 g/mol. The van der Waals surface area contributed by atoms with Crippen molar-refractivity contribution in [2.45, 2.75) is 32.9 Å². The molecule has 1 aromatic heterocycles. The lowest BCUT2D eigenvalue weighted by molar-refractivity contribution is 0.427. The Hall–Kier alpha value is -1.46. The molecule has 0 unspecified atom stereocenters. The van der Waals surface area contributed by atoms with Gasteiger partial charge in [-0.3, -0.25) is 0 Å². The molecule has 3 rings (SSSR count). The molecule has 0 saturated carbocycles. The summed E-state index contributed by atoms with van der Waals surface area (Å²) in [6.07, 6.45) is 0. The zero-order valence-corrected chi connectivity index (χ0v) is 13.4. The molecule has 2 atom stereocenters. The summed E-state index contributed by atoms with van der Waals surface area (Å²) in [5.41, 5.74) is 1.95. The van der Waals surface area contributed by atoms with Gasteiger partial charge in [0, 0.05) is 30.7 Å². The van der Waals surface area contributed by atoms with Gasteiger partial charge in [-0.25, -0.2) is 9.37 Å². The normalized spacial score (nSPS) is 22.6. The molecule has 1 aliphatic heterocycles. The number of hydrogen-bond acceptors (Lipinski definition) is 4. The van der Waals surface area contributed by atoms with Crippen LogP contribution in [0.1, 0.15) is 18.9 Å². The van der Waals surface area contributed by atoms with E-state index in [-0.39, 0.29) is 5.82 Å². The van der Waals surface area contributed by atoms with Crippen molar-refractivity contribution in [1.82, 2.24) is 10.3 Å². The molecule has 1 fully saturated rings. The highest BCUT2D eigenvalue weighted by atomic mass is 32.1. The Morgan fingerprint density at radius 3 is 2.71 bits per heavy atom. The number of aromatic nitrogens is 1. The third kappa shape index (κ3) is 2.94. The largest absolute Gasteiger partial charge is 0.356 e. The Labute approximate surface area is 128 Å². The van der Waals surface area contributed by atoms with Crippen LogP contribution in [0.4, 0.5) is 9.39 Å². The van der Waals surface area contributed by atoms with E-state index >= 15 is 0 Å². The lowest BCUT2D eigenvalue weighted by Gasteiger charge is -2.38. The van der Waals surface area contributed by atoms with Gasteiger partial charge in [0.2, 0.25) is 0 Å². The number of thiazole rings is 1. The molecule has 21 heavy (non-hydrogen) atoms. The van der Waals surface area contributed by atoms with E-state index in [1.807, 2.05) is 19.1 Å². The molecular weight excluding hydrogens is 285 g/mol. The lowest BCUT2D eigenvalue weighted by atomic mass is 10.1. The maximum atomic E-state index is 13.1. The highest BCUT2D eigenvalue weighted by Crippen LogP contribution is 2.37. The van der Waals surface area contributed by atoms with E-state index in [1.165, 1.54) is 17.1 Å². The fraction of sp³-hybridized carbons (Fsp3) is 0.438. The molecule has 0 bridgehead atoms. The van der Waals surface area contributed by atoms with Crippen LogP contribution >= 0.6 is 11.3 Å². The van der Waals surface area contributed by atoms with E-state index in [1.54, 1.807) is 11.3 Å². The molecule has 3 nitrogen and oxygen atoms in total. The number of benzene rings is 1. The summed E-state index contributed by atoms with van der Waals surface area (Å²) in [5, 5.41) is 5.74. The summed E-state index contributed by atoms with van der Waals surface area (Å²) in [5.74, 6) is -0.212. The van der Waals surface area contributed by atoms with E-state index in [2.05, 4.69) is 29.0 Å². The predicted molar refractivity (Wildman–Crippen MR) is 86.5 cm³/mol. The van der Waals surface area contributed by atoms with Crippen LogP contribution in [0.25, 0.3) is 11.3 Å². The number of nitrogens with zero attached hydrogens (tertiary/aromatic N) is 2. The molecule has 112 valence electrons. The van der Waals surface area contributed by atoms with E-state index in [0.717, 1.165) is 29.4 Å². The van der Waals surface area contributed by atoms with Crippen LogP contribution in [-0.4, -0.2) is 30.2 Å². The monoisotopic (exact) mass is 305 g/mol. The first-order valence-corrected chi connectivity index (χ1v) is 8.09. The van der Waals surface area contributed by atoms with Gasteiger partial charge in [-0.2, -0.15) is 0 Å². The molecule has 0 aliphatic carbocycles. The minimum Gasteiger partial charge on any atom is -0.356 e. The van der Waals surface area contributed by atoms with Gasteiger partial charge in [0.1, 0.15) is 16.5 Å². The van der Waals surface area contributed by atoms with Gasteiger partial charge >= 0.3 is 0 Å². The first-order valence-electron chi connectivity index (χ1n) is 7.28. The number of nitrogens with one attached hydrogen (secondary N) is 1. The second-order valence-electron chi connectivity index (χ2n) is 5.70. The maximum Gasteiger partial charge on any atom is 0.123 e. The van der Waals surface area contributed by atoms with Crippen LogP contribution in [0.15, 0.2) is 24.3 Å². The smallest absolute Gasteiger partial charge is 0.123 e. The van der Waals surface area contributed by atoms with Gasteiger partial charge in [0.15, 0.2) is 0 Å². The summed E-state index contributed by atoms with van der Waals surface area (Å²) in [6.45, 7) is 8.39. The Balaban J connectivity index is 2.01. The van der Waals surface area contributed by atoms with Crippen molar-refractivity contribution in [2.24, 2.45) is 0 Å².